The van der Waals surface area contributed by atoms with Crippen LogP contribution in [-0.2, 0) is 34.2 Å². The SMILES string of the molecule is CCCCCCCCCCCCCCCCCC(=O)OCC(C)(COC(=O)CCC(=O)O)COC(c1ccccc1)(c1ccccc1)c1ccccc1. The average molecular weight is 729 g/mol. The molecular formula is C46H64O7. The van der Waals surface area contributed by atoms with Crippen molar-refractivity contribution in [3.63, 3.8) is 0 Å². The second kappa shape index (κ2) is 25.1. The summed E-state index contributed by atoms with van der Waals surface area (Å²) in [7, 11) is 0. The molecular weight excluding hydrogens is 664 g/mol. The van der Waals surface area contributed by atoms with E-state index in [-0.39, 0.29) is 38.6 Å². The van der Waals surface area contributed by atoms with Gasteiger partial charge in [-0.15, -0.1) is 0 Å². The van der Waals surface area contributed by atoms with Gasteiger partial charge in [0.05, 0.1) is 24.9 Å². The van der Waals surface area contributed by atoms with E-state index in [1.165, 1.54) is 77.0 Å². The number of hydrogen-bond donors (Lipinski definition) is 1. The highest BCUT2D eigenvalue weighted by atomic mass is 16.6. The van der Waals surface area contributed by atoms with Crippen molar-refractivity contribution in [2.75, 3.05) is 19.8 Å². The summed E-state index contributed by atoms with van der Waals surface area (Å²) in [6, 6.07) is 29.9. The van der Waals surface area contributed by atoms with Gasteiger partial charge < -0.3 is 19.3 Å². The van der Waals surface area contributed by atoms with Gasteiger partial charge in [-0.3, -0.25) is 14.4 Å². The second-order valence-corrected chi connectivity index (χ2v) is 14.8. The molecule has 1 unspecified atom stereocenters. The highest BCUT2D eigenvalue weighted by Crippen LogP contribution is 2.41. The molecule has 0 radical (unpaired) electrons. The smallest absolute Gasteiger partial charge is 0.306 e. The Hall–Kier alpha value is -3.97. The number of carboxylic acids is 1. The van der Waals surface area contributed by atoms with Crippen LogP contribution in [0.3, 0.4) is 0 Å². The van der Waals surface area contributed by atoms with E-state index in [1.54, 1.807) is 0 Å². The molecule has 0 aliphatic carbocycles. The van der Waals surface area contributed by atoms with Crippen LogP contribution in [0.5, 0.6) is 0 Å². The van der Waals surface area contributed by atoms with E-state index in [0.717, 1.165) is 36.0 Å². The van der Waals surface area contributed by atoms with Gasteiger partial charge >= 0.3 is 17.9 Å². The number of esters is 2. The number of carbonyl (C=O) groups excluding carboxylic acids is 2. The lowest BCUT2D eigenvalue weighted by atomic mass is 9.79. The van der Waals surface area contributed by atoms with Gasteiger partial charge in [-0.05, 0) is 23.1 Å². The molecule has 3 rings (SSSR count). The number of carboxylic acid groups (broad SMARTS) is 1. The third-order valence-electron chi connectivity index (χ3n) is 9.87. The third-order valence-corrected chi connectivity index (χ3v) is 9.87. The Bertz CT molecular complexity index is 1330. The van der Waals surface area contributed by atoms with E-state index in [0.29, 0.717) is 6.42 Å². The van der Waals surface area contributed by atoms with Crippen LogP contribution in [-0.4, -0.2) is 42.8 Å². The molecule has 0 aliphatic rings. The van der Waals surface area contributed by atoms with E-state index >= 15 is 0 Å². The number of aliphatic carboxylic acids is 1. The molecule has 1 atom stereocenters. The first-order valence-electron chi connectivity index (χ1n) is 20.1. The van der Waals surface area contributed by atoms with E-state index < -0.39 is 23.0 Å². The first-order chi connectivity index (χ1) is 25.8. The summed E-state index contributed by atoms with van der Waals surface area (Å²) in [6.45, 7) is 4.07. The fourth-order valence-electron chi connectivity index (χ4n) is 6.68. The molecule has 0 amide bonds. The van der Waals surface area contributed by atoms with Crippen molar-refractivity contribution in [2.45, 2.75) is 135 Å². The molecule has 290 valence electrons. The minimum absolute atomic E-state index is 0.0226. The zero-order valence-corrected chi connectivity index (χ0v) is 32.4. The summed E-state index contributed by atoms with van der Waals surface area (Å²) < 4.78 is 18.5. The Labute approximate surface area is 318 Å². The first kappa shape index (κ1) is 43.4. The van der Waals surface area contributed by atoms with Crippen LogP contribution in [0.15, 0.2) is 91.0 Å². The van der Waals surface area contributed by atoms with Gasteiger partial charge in [-0.1, -0.05) is 195 Å². The minimum Gasteiger partial charge on any atom is -0.481 e. The maximum Gasteiger partial charge on any atom is 0.306 e. The molecule has 53 heavy (non-hydrogen) atoms. The van der Waals surface area contributed by atoms with Crippen LogP contribution in [0.2, 0.25) is 0 Å². The van der Waals surface area contributed by atoms with Crippen molar-refractivity contribution in [3.8, 4) is 0 Å². The quantitative estimate of drug-likeness (QED) is 0.0431. The summed E-state index contributed by atoms with van der Waals surface area (Å²) in [5, 5.41) is 9.05. The Kier molecular flexibility index (Phi) is 20.6. The molecule has 0 aromatic heterocycles. The maximum atomic E-state index is 13.0. The van der Waals surface area contributed by atoms with E-state index in [2.05, 4.69) is 6.92 Å². The monoisotopic (exact) mass is 728 g/mol. The minimum atomic E-state index is -1.07. The third kappa shape index (κ3) is 16.3. The molecule has 3 aromatic rings. The molecule has 1 N–H and O–H groups in total. The lowest BCUT2D eigenvalue weighted by Crippen LogP contribution is -2.41. The van der Waals surface area contributed by atoms with Crippen LogP contribution in [0, 0.1) is 5.41 Å². The molecule has 0 aliphatic heterocycles. The van der Waals surface area contributed by atoms with Gasteiger partial charge in [0.15, 0.2) is 0 Å². The van der Waals surface area contributed by atoms with Crippen molar-refractivity contribution in [1.29, 1.82) is 0 Å². The van der Waals surface area contributed by atoms with E-state index in [9.17, 15) is 14.4 Å². The maximum absolute atomic E-state index is 13.0. The molecule has 0 fully saturated rings. The number of ether oxygens (including phenoxy) is 3. The van der Waals surface area contributed by atoms with Gasteiger partial charge in [-0.2, -0.15) is 0 Å². The topological polar surface area (TPSA) is 99.1 Å². The van der Waals surface area contributed by atoms with Crippen molar-refractivity contribution in [3.05, 3.63) is 108 Å². The number of benzene rings is 3. The molecule has 0 bridgehead atoms. The van der Waals surface area contributed by atoms with Crippen LogP contribution in [0.1, 0.15) is 146 Å². The summed E-state index contributed by atoms with van der Waals surface area (Å²) in [5.74, 6) is -1.98. The second-order valence-electron chi connectivity index (χ2n) is 14.8. The van der Waals surface area contributed by atoms with Gasteiger partial charge in [0.2, 0.25) is 0 Å². The summed E-state index contributed by atoms with van der Waals surface area (Å²) in [4.78, 5) is 36.6. The average Bonchev–Trinajstić information content (AvgIpc) is 3.18. The zero-order chi connectivity index (χ0) is 38.0. The lowest BCUT2D eigenvalue weighted by molar-refractivity contribution is -0.160. The van der Waals surface area contributed by atoms with Crippen LogP contribution in [0.25, 0.3) is 0 Å². The van der Waals surface area contributed by atoms with Crippen LogP contribution >= 0.6 is 0 Å². The fourth-order valence-corrected chi connectivity index (χ4v) is 6.68. The number of carbonyl (C=O) groups is 3. The van der Waals surface area contributed by atoms with Crippen LogP contribution < -0.4 is 0 Å². The highest BCUT2D eigenvalue weighted by Gasteiger charge is 2.41. The molecule has 7 nitrogen and oxygen atoms in total. The molecule has 0 spiro atoms. The number of hydrogen-bond acceptors (Lipinski definition) is 6. The lowest BCUT2D eigenvalue weighted by Gasteiger charge is -2.39. The predicted octanol–water partition coefficient (Wildman–Crippen LogP) is 11.2. The number of unbranched alkanes of at least 4 members (excludes halogenated alkanes) is 14. The molecule has 0 heterocycles. The Balaban J connectivity index is 1.57. The highest BCUT2D eigenvalue weighted by molar-refractivity contribution is 5.76. The number of rotatable bonds is 29. The normalized spacial score (nSPS) is 12.6. The zero-order valence-electron chi connectivity index (χ0n) is 32.4. The summed E-state index contributed by atoms with van der Waals surface area (Å²) in [5.41, 5.74) is 0.818. The Morgan fingerprint density at radius 3 is 1.23 bits per heavy atom. The van der Waals surface area contributed by atoms with Crippen molar-refractivity contribution < 1.29 is 33.7 Å². The van der Waals surface area contributed by atoms with Crippen molar-refractivity contribution in [2.24, 2.45) is 5.41 Å². The van der Waals surface area contributed by atoms with Gasteiger partial charge in [0, 0.05) is 6.42 Å². The predicted molar refractivity (Wildman–Crippen MR) is 212 cm³/mol. The van der Waals surface area contributed by atoms with E-state index in [4.69, 9.17) is 19.3 Å². The molecule has 7 heteroatoms. The Morgan fingerprint density at radius 1 is 0.491 bits per heavy atom. The van der Waals surface area contributed by atoms with Crippen molar-refractivity contribution in [1.82, 2.24) is 0 Å². The van der Waals surface area contributed by atoms with Gasteiger partial charge in [0.25, 0.3) is 0 Å². The fraction of sp³-hybridized carbons (Fsp3) is 0.543. The summed E-state index contributed by atoms with van der Waals surface area (Å²) in [6.07, 6.45) is 18.6. The largest absolute Gasteiger partial charge is 0.481 e. The molecule has 0 saturated carbocycles. The summed E-state index contributed by atoms with van der Waals surface area (Å²) >= 11 is 0. The standard InChI is InChI=1S/C46H64O7/c1-3-4-5-6-7-8-9-10-11-12-13-14-15-16-26-33-43(49)51-36-45(2,37-52-44(50)35-34-42(47)48)38-53-46(39-27-20-17-21-28-39,40-29-22-18-23-30-40)41-31-24-19-25-32-41/h17-25,27-32H,3-16,26,33-38H2,1-2H3,(H,47,48). The first-order valence-corrected chi connectivity index (χ1v) is 20.1. The van der Waals surface area contributed by atoms with Gasteiger partial charge in [0.1, 0.15) is 18.8 Å². The Morgan fingerprint density at radius 2 is 0.849 bits per heavy atom. The van der Waals surface area contributed by atoms with Crippen LogP contribution in [0.4, 0.5) is 0 Å². The van der Waals surface area contributed by atoms with Crippen molar-refractivity contribution >= 4 is 17.9 Å². The molecule has 3 aromatic carbocycles. The molecule has 0 saturated heterocycles. The van der Waals surface area contributed by atoms with Gasteiger partial charge in [-0.25, -0.2) is 0 Å². The van der Waals surface area contributed by atoms with E-state index in [1.807, 2.05) is 97.9 Å².